The van der Waals surface area contributed by atoms with Gasteiger partial charge in [0.05, 0.1) is 0 Å². The molecule has 1 saturated heterocycles. The third-order valence-electron chi connectivity index (χ3n) is 6.35. The molecule has 1 aromatic carbocycles. The largest absolute Gasteiger partial charge is 0.326 e. The van der Waals surface area contributed by atoms with E-state index in [4.69, 9.17) is 5.21 Å². The van der Waals surface area contributed by atoms with Crippen LogP contribution >= 0.6 is 0 Å². The average molecular weight is 373 g/mol. The quantitative estimate of drug-likeness (QED) is 0.560. The molecular formula is C21H31N3O3. The van der Waals surface area contributed by atoms with Crippen LogP contribution in [0.15, 0.2) is 18.2 Å². The summed E-state index contributed by atoms with van der Waals surface area (Å²) in [4.78, 5) is 27.1. The van der Waals surface area contributed by atoms with Crippen molar-refractivity contribution in [2.75, 3.05) is 18.4 Å². The van der Waals surface area contributed by atoms with E-state index in [-0.39, 0.29) is 23.1 Å². The van der Waals surface area contributed by atoms with Crippen LogP contribution < -0.4 is 10.8 Å². The van der Waals surface area contributed by atoms with Gasteiger partial charge in [0.25, 0.3) is 0 Å². The predicted octanol–water partition coefficient (Wildman–Crippen LogP) is 2.75. The van der Waals surface area contributed by atoms with Crippen molar-refractivity contribution >= 4 is 17.5 Å². The zero-order valence-electron chi connectivity index (χ0n) is 16.5. The Labute approximate surface area is 161 Å². The van der Waals surface area contributed by atoms with E-state index in [0.717, 1.165) is 50.0 Å². The Hall–Kier alpha value is -1.92. The van der Waals surface area contributed by atoms with Gasteiger partial charge in [-0.15, -0.1) is 0 Å². The molecule has 0 saturated carbocycles. The summed E-state index contributed by atoms with van der Waals surface area (Å²) in [6, 6.07) is 6.50. The fraction of sp³-hybridized carbons (Fsp3) is 0.619. The summed E-state index contributed by atoms with van der Waals surface area (Å²) in [6.45, 7) is 8.34. The lowest BCUT2D eigenvalue weighted by Gasteiger charge is -2.40. The van der Waals surface area contributed by atoms with E-state index in [1.165, 1.54) is 5.56 Å². The highest BCUT2D eigenvalue weighted by Gasteiger charge is 2.37. The molecule has 1 fully saturated rings. The number of likely N-dealkylation sites (tertiary alicyclic amines) is 1. The maximum atomic E-state index is 12.9. The number of fused-ring (bicyclic) bond motifs is 1. The molecule has 148 valence electrons. The van der Waals surface area contributed by atoms with Gasteiger partial charge in [0, 0.05) is 23.1 Å². The summed E-state index contributed by atoms with van der Waals surface area (Å²) in [5, 5.41) is 12.0. The van der Waals surface area contributed by atoms with Crippen LogP contribution in [-0.4, -0.2) is 41.1 Å². The van der Waals surface area contributed by atoms with Crippen LogP contribution in [-0.2, 0) is 22.4 Å². The number of carbonyl (C=O) groups is 2. The van der Waals surface area contributed by atoms with Crippen LogP contribution in [0.2, 0.25) is 0 Å². The summed E-state index contributed by atoms with van der Waals surface area (Å²) in [7, 11) is 0. The summed E-state index contributed by atoms with van der Waals surface area (Å²) in [5.41, 5.74) is 4.49. The molecule has 1 aliphatic heterocycles. The molecule has 1 atom stereocenters. The zero-order valence-corrected chi connectivity index (χ0v) is 16.5. The van der Waals surface area contributed by atoms with Crippen molar-refractivity contribution in [3.05, 3.63) is 29.3 Å². The van der Waals surface area contributed by atoms with Gasteiger partial charge >= 0.3 is 0 Å². The number of aryl methyl sites for hydroxylation is 1. The number of nitrogens with one attached hydrogen (secondary N) is 2. The number of piperidine rings is 1. The molecule has 3 rings (SSSR count). The average Bonchev–Trinajstić information content (AvgIpc) is 2.67. The van der Waals surface area contributed by atoms with Crippen molar-refractivity contribution < 1.29 is 14.8 Å². The normalized spacial score (nSPS) is 22.2. The van der Waals surface area contributed by atoms with Crippen LogP contribution in [0.4, 0.5) is 5.69 Å². The van der Waals surface area contributed by atoms with Gasteiger partial charge in [-0.05, 0) is 82.3 Å². The van der Waals surface area contributed by atoms with E-state index in [1.54, 1.807) is 5.48 Å². The Morgan fingerprint density at radius 1 is 1.22 bits per heavy atom. The third kappa shape index (κ3) is 4.33. The summed E-state index contributed by atoms with van der Waals surface area (Å²) >= 11 is 0. The first kappa shape index (κ1) is 19.8. The number of rotatable bonds is 4. The predicted molar refractivity (Wildman–Crippen MR) is 105 cm³/mol. The van der Waals surface area contributed by atoms with Crippen molar-refractivity contribution in [3.63, 3.8) is 0 Å². The maximum absolute atomic E-state index is 12.9. The fourth-order valence-electron chi connectivity index (χ4n) is 4.19. The lowest BCUT2D eigenvalue weighted by Crippen LogP contribution is -2.47. The molecule has 1 unspecified atom stereocenters. The molecule has 1 aliphatic carbocycles. The summed E-state index contributed by atoms with van der Waals surface area (Å²) in [6.07, 6.45) is 3.85. The number of amides is 2. The molecule has 2 aliphatic rings. The number of hydrogen-bond acceptors (Lipinski definition) is 4. The molecule has 0 radical (unpaired) electrons. The van der Waals surface area contributed by atoms with Crippen molar-refractivity contribution in [3.8, 4) is 0 Å². The van der Waals surface area contributed by atoms with Gasteiger partial charge in [-0.25, -0.2) is 5.48 Å². The maximum Gasteiger partial charge on any atom is 0.246 e. The van der Waals surface area contributed by atoms with Crippen LogP contribution in [0.5, 0.6) is 0 Å². The minimum absolute atomic E-state index is 0.0753. The minimum atomic E-state index is -0.347. The molecule has 6 nitrogen and oxygen atoms in total. The number of carbonyl (C=O) groups excluding carboxylic acids is 2. The van der Waals surface area contributed by atoms with Gasteiger partial charge in [0.15, 0.2) is 0 Å². The van der Waals surface area contributed by atoms with Crippen molar-refractivity contribution in [1.29, 1.82) is 0 Å². The molecule has 0 bridgehead atoms. The second kappa shape index (κ2) is 7.98. The smallest absolute Gasteiger partial charge is 0.246 e. The Morgan fingerprint density at radius 3 is 2.56 bits per heavy atom. The van der Waals surface area contributed by atoms with Gasteiger partial charge in [0.2, 0.25) is 11.8 Å². The minimum Gasteiger partial charge on any atom is -0.326 e. The van der Waals surface area contributed by atoms with E-state index in [0.29, 0.717) is 12.5 Å². The first-order valence-corrected chi connectivity index (χ1v) is 9.93. The van der Waals surface area contributed by atoms with Gasteiger partial charge in [-0.1, -0.05) is 13.0 Å². The van der Waals surface area contributed by atoms with Gasteiger partial charge in [-0.2, -0.15) is 0 Å². The van der Waals surface area contributed by atoms with E-state index in [2.05, 4.69) is 31.0 Å². The zero-order chi connectivity index (χ0) is 19.6. The Kier molecular flexibility index (Phi) is 5.86. The van der Waals surface area contributed by atoms with Gasteiger partial charge in [0.1, 0.15) is 0 Å². The van der Waals surface area contributed by atoms with Crippen LogP contribution in [0, 0.1) is 11.3 Å². The molecule has 2 amide bonds. The van der Waals surface area contributed by atoms with Crippen LogP contribution in [0.25, 0.3) is 0 Å². The molecule has 27 heavy (non-hydrogen) atoms. The molecular weight excluding hydrogens is 342 g/mol. The van der Waals surface area contributed by atoms with E-state index in [1.807, 2.05) is 18.2 Å². The molecule has 0 aromatic heterocycles. The highest BCUT2D eigenvalue weighted by atomic mass is 16.5. The van der Waals surface area contributed by atoms with E-state index < -0.39 is 0 Å². The van der Waals surface area contributed by atoms with Crippen molar-refractivity contribution in [2.24, 2.45) is 11.3 Å². The lowest BCUT2D eigenvalue weighted by molar-refractivity contribution is -0.133. The highest BCUT2D eigenvalue weighted by molar-refractivity contribution is 5.95. The fourth-order valence-corrected chi connectivity index (χ4v) is 4.19. The summed E-state index contributed by atoms with van der Waals surface area (Å²) in [5.74, 6) is -0.475. The first-order chi connectivity index (χ1) is 12.8. The monoisotopic (exact) mass is 373 g/mol. The van der Waals surface area contributed by atoms with Crippen molar-refractivity contribution in [2.45, 2.75) is 58.9 Å². The van der Waals surface area contributed by atoms with E-state index in [9.17, 15) is 9.59 Å². The Bertz CT molecular complexity index is 709. The number of nitrogens with zero attached hydrogens (tertiary/aromatic N) is 1. The Morgan fingerprint density at radius 2 is 1.93 bits per heavy atom. The van der Waals surface area contributed by atoms with Crippen LogP contribution in [0.3, 0.4) is 0 Å². The standard InChI is InChI=1S/C21H31N3O3/c1-14(2)24-10-8-21(3,9-11-24)20(26)22-18-7-6-15-4-5-16(19(25)23-27)12-17(15)13-18/h6-7,13-14,16,27H,4-5,8-12H2,1-3H3,(H,22,26)(H,23,25). The SMILES string of the molecule is CC(C)N1CCC(C)(C(=O)Nc2ccc3c(c2)CC(C(=O)NO)CC3)CC1. The number of hydrogen-bond donors (Lipinski definition) is 3. The lowest BCUT2D eigenvalue weighted by atomic mass is 9.79. The van der Waals surface area contributed by atoms with Crippen molar-refractivity contribution in [1.82, 2.24) is 10.4 Å². The molecule has 0 spiro atoms. The Balaban J connectivity index is 1.66. The highest BCUT2D eigenvalue weighted by Crippen LogP contribution is 2.34. The van der Waals surface area contributed by atoms with E-state index >= 15 is 0 Å². The van der Waals surface area contributed by atoms with Crippen LogP contribution in [0.1, 0.15) is 51.2 Å². The number of hydroxylamine groups is 1. The molecule has 1 heterocycles. The topological polar surface area (TPSA) is 81.7 Å². The van der Waals surface area contributed by atoms with Gasteiger partial charge in [-0.3, -0.25) is 14.8 Å². The second-order valence-electron chi connectivity index (χ2n) is 8.54. The molecule has 3 N–H and O–H groups in total. The summed E-state index contributed by atoms with van der Waals surface area (Å²) < 4.78 is 0. The first-order valence-electron chi connectivity index (χ1n) is 9.93. The number of benzene rings is 1. The number of anilines is 1. The third-order valence-corrected chi connectivity index (χ3v) is 6.35. The molecule has 6 heteroatoms. The second-order valence-corrected chi connectivity index (χ2v) is 8.54. The van der Waals surface area contributed by atoms with Gasteiger partial charge < -0.3 is 10.2 Å². The molecule has 1 aromatic rings.